The predicted octanol–water partition coefficient (Wildman–Crippen LogP) is 10.0. The number of aryl methyl sites for hydroxylation is 2. The summed E-state index contributed by atoms with van der Waals surface area (Å²) in [6.07, 6.45) is 0. The van der Waals surface area contributed by atoms with E-state index < -0.39 is 0 Å². The number of para-hydroxylation sites is 1. The van der Waals surface area contributed by atoms with Gasteiger partial charge in [0.25, 0.3) is 5.82 Å². The normalized spacial score (nSPS) is 11.6. The molecule has 0 radical (unpaired) electrons. The summed E-state index contributed by atoms with van der Waals surface area (Å²) in [7, 11) is 2.22. The lowest BCUT2D eigenvalue weighted by Crippen LogP contribution is -2.30. The van der Waals surface area contributed by atoms with Crippen LogP contribution in [-0.2, 0) is 7.05 Å². The number of nitrogens with zero attached hydrogens (tertiary/aromatic N) is 2. The molecule has 0 spiro atoms. The maximum Gasteiger partial charge on any atom is 0.295 e. The maximum absolute atomic E-state index is 2.56. The highest BCUT2D eigenvalue weighted by Crippen LogP contribution is 2.39. The van der Waals surface area contributed by atoms with Crippen LogP contribution in [0.1, 0.15) is 56.2 Å². The van der Waals surface area contributed by atoms with Crippen molar-refractivity contribution in [3.05, 3.63) is 132 Å². The molecule has 1 aromatic heterocycles. The van der Waals surface area contributed by atoms with Crippen molar-refractivity contribution in [1.82, 2.24) is 4.57 Å². The molecule has 0 amide bonds. The van der Waals surface area contributed by atoms with Gasteiger partial charge in [-0.05, 0) is 70.8 Å². The predicted molar refractivity (Wildman–Crippen MR) is 174 cm³/mol. The van der Waals surface area contributed by atoms with Gasteiger partial charge in [0, 0.05) is 11.1 Å². The van der Waals surface area contributed by atoms with Gasteiger partial charge in [0.05, 0.1) is 12.6 Å². The minimum Gasteiger partial charge on any atom is -0.225 e. The lowest BCUT2D eigenvalue weighted by Gasteiger charge is -2.19. The van der Waals surface area contributed by atoms with E-state index >= 15 is 0 Å². The van der Waals surface area contributed by atoms with Gasteiger partial charge in [-0.25, -0.2) is 4.57 Å². The van der Waals surface area contributed by atoms with E-state index in [1.165, 1.54) is 67.1 Å². The molecule has 5 aromatic carbocycles. The number of aromatic nitrogens is 2. The molecule has 6 rings (SSSR count). The summed E-state index contributed by atoms with van der Waals surface area (Å²) >= 11 is 0. The van der Waals surface area contributed by atoms with E-state index in [4.69, 9.17) is 0 Å². The fraction of sp³-hybridized carbons (Fsp3) is 0.205. The Kier molecular flexibility index (Phi) is 7.09. The van der Waals surface area contributed by atoms with Gasteiger partial charge in [0.15, 0.2) is 11.0 Å². The molecule has 0 N–H and O–H groups in total. The molecule has 0 atom stereocenters. The summed E-state index contributed by atoms with van der Waals surface area (Å²) in [5.74, 6) is 1.97. The molecule has 41 heavy (non-hydrogen) atoms. The minimum atomic E-state index is 0.383. The molecule has 2 nitrogen and oxygen atoms in total. The van der Waals surface area contributed by atoms with Crippen LogP contribution in [0, 0.1) is 6.92 Å². The summed E-state index contributed by atoms with van der Waals surface area (Å²) in [6.45, 7) is 11.5. The standard InChI is InChI=1S/C39H39N2/c1-26(2)33-18-13-19-34(27(3)4)38(33)41-37-25-32(30-16-11-8-12-17-30)22-23-36(37)40(6)39(41)35-24-31(21-20-28(35)5)29-14-9-7-10-15-29/h7-27H,1-6H3/q+1. The summed E-state index contributed by atoms with van der Waals surface area (Å²) in [5.41, 5.74) is 13.9. The molecule has 0 fully saturated rings. The highest BCUT2D eigenvalue weighted by atomic mass is 15.2. The molecule has 1 heterocycles. The number of benzene rings is 5. The smallest absolute Gasteiger partial charge is 0.225 e. The van der Waals surface area contributed by atoms with Gasteiger partial charge in [-0.3, -0.25) is 0 Å². The van der Waals surface area contributed by atoms with Gasteiger partial charge in [0.2, 0.25) is 0 Å². The largest absolute Gasteiger partial charge is 0.295 e. The highest BCUT2D eigenvalue weighted by molar-refractivity contribution is 5.86. The van der Waals surface area contributed by atoms with Gasteiger partial charge >= 0.3 is 0 Å². The third-order valence-electron chi connectivity index (χ3n) is 8.37. The first kappa shape index (κ1) is 26.8. The summed E-state index contributed by atoms with van der Waals surface area (Å²) in [5, 5.41) is 0. The molecule has 0 aliphatic heterocycles. The second-order valence-corrected chi connectivity index (χ2v) is 11.8. The summed E-state index contributed by atoms with van der Waals surface area (Å²) < 4.78 is 4.95. The molecule has 6 aromatic rings. The fourth-order valence-electron chi connectivity index (χ4n) is 6.15. The quantitative estimate of drug-likeness (QED) is 0.188. The van der Waals surface area contributed by atoms with Crippen LogP contribution in [0.15, 0.2) is 115 Å². The van der Waals surface area contributed by atoms with Crippen molar-refractivity contribution >= 4 is 11.0 Å². The van der Waals surface area contributed by atoms with Crippen molar-refractivity contribution in [2.45, 2.75) is 46.5 Å². The first-order chi connectivity index (χ1) is 19.8. The van der Waals surface area contributed by atoms with E-state index in [0.29, 0.717) is 11.8 Å². The van der Waals surface area contributed by atoms with Crippen molar-refractivity contribution in [2.75, 3.05) is 0 Å². The zero-order valence-corrected chi connectivity index (χ0v) is 25.0. The number of rotatable bonds is 6. The first-order valence-electron chi connectivity index (χ1n) is 14.7. The Morgan fingerprint density at radius 2 is 1.10 bits per heavy atom. The van der Waals surface area contributed by atoms with E-state index in [2.05, 4.69) is 166 Å². The Bertz CT molecular complexity index is 1810. The zero-order chi connectivity index (χ0) is 28.7. The van der Waals surface area contributed by atoms with Crippen LogP contribution in [0.2, 0.25) is 0 Å². The molecular formula is C39H39N2+. The zero-order valence-electron chi connectivity index (χ0n) is 25.0. The van der Waals surface area contributed by atoms with Crippen molar-refractivity contribution in [2.24, 2.45) is 7.05 Å². The SMILES string of the molecule is Cc1ccc(-c2ccccc2)cc1-c1n(-c2c(C(C)C)cccc2C(C)C)c2cc(-c3ccccc3)ccc2[n+]1C. The minimum absolute atomic E-state index is 0.383. The van der Waals surface area contributed by atoms with Crippen LogP contribution in [0.25, 0.3) is 50.4 Å². The van der Waals surface area contributed by atoms with Crippen LogP contribution in [0.3, 0.4) is 0 Å². The Morgan fingerprint density at radius 3 is 1.66 bits per heavy atom. The number of hydrogen-bond donors (Lipinski definition) is 0. The molecule has 0 saturated carbocycles. The molecule has 0 aliphatic rings. The van der Waals surface area contributed by atoms with E-state index in [1.807, 2.05) is 0 Å². The first-order valence-corrected chi connectivity index (χ1v) is 14.7. The Hall–Kier alpha value is -4.43. The topological polar surface area (TPSA) is 8.81 Å². The number of imidazole rings is 1. The average molecular weight is 536 g/mol. The van der Waals surface area contributed by atoms with Crippen molar-refractivity contribution in [1.29, 1.82) is 0 Å². The monoisotopic (exact) mass is 535 g/mol. The van der Waals surface area contributed by atoms with Gasteiger partial charge < -0.3 is 0 Å². The van der Waals surface area contributed by atoms with Crippen LogP contribution >= 0.6 is 0 Å². The van der Waals surface area contributed by atoms with Crippen LogP contribution < -0.4 is 4.57 Å². The van der Waals surface area contributed by atoms with Crippen molar-refractivity contribution in [3.8, 4) is 39.3 Å². The molecule has 0 unspecified atom stereocenters. The summed E-state index contributed by atoms with van der Waals surface area (Å²) in [4.78, 5) is 0. The van der Waals surface area contributed by atoms with Gasteiger partial charge in [0.1, 0.15) is 5.69 Å². The van der Waals surface area contributed by atoms with Crippen molar-refractivity contribution < 1.29 is 4.57 Å². The van der Waals surface area contributed by atoms with Crippen LogP contribution in [0.4, 0.5) is 0 Å². The van der Waals surface area contributed by atoms with Gasteiger partial charge in [-0.1, -0.05) is 119 Å². The second kappa shape index (κ2) is 10.9. The van der Waals surface area contributed by atoms with E-state index in [1.54, 1.807) is 0 Å². The van der Waals surface area contributed by atoms with E-state index in [0.717, 1.165) is 0 Å². The number of hydrogen-bond acceptors (Lipinski definition) is 0. The van der Waals surface area contributed by atoms with E-state index in [9.17, 15) is 0 Å². The lowest BCUT2D eigenvalue weighted by molar-refractivity contribution is -0.633. The Morgan fingerprint density at radius 1 is 0.561 bits per heavy atom. The van der Waals surface area contributed by atoms with Crippen LogP contribution in [0.5, 0.6) is 0 Å². The van der Waals surface area contributed by atoms with E-state index in [-0.39, 0.29) is 0 Å². The molecule has 2 heteroatoms. The van der Waals surface area contributed by atoms with Gasteiger partial charge in [-0.15, -0.1) is 0 Å². The highest BCUT2D eigenvalue weighted by Gasteiger charge is 2.31. The van der Waals surface area contributed by atoms with Crippen molar-refractivity contribution in [3.63, 3.8) is 0 Å². The molecular weight excluding hydrogens is 496 g/mol. The molecule has 0 bridgehead atoms. The number of fused-ring (bicyclic) bond motifs is 1. The molecule has 204 valence electrons. The lowest BCUT2D eigenvalue weighted by atomic mass is 9.92. The third kappa shape index (κ3) is 4.78. The third-order valence-corrected chi connectivity index (χ3v) is 8.37. The Balaban J connectivity index is 1.75. The summed E-state index contributed by atoms with van der Waals surface area (Å²) in [6, 6.07) is 42.1. The fourth-order valence-corrected chi connectivity index (χ4v) is 6.15. The van der Waals surface area contributed by atoms with Crippen LogP contribution in [-0.4, -0.2) is 4.57 Å². The second-order valence-electron chi connectivity index (χ2n) is 11.8. The molecule has 0 saturated heterocycles. The molecule has 0 aliphatic carbocycles. The average Bonchev–Trinajstić information content (AvgIpc) is 3.28. The Labute approximate surface area is 244 Å². The maximum atomic E-state index is 2.56. The van der Waals surface area contributed by atoms with Gasteiger partial charge in [-0.2, -0.15) is 4.57 Å².